The Morgan fingerprint density at radius 3 is 3.05 bits per heavy atom. The van der Waals surface area contributed by atoms with Crippen molar-refractivity contribution in [3.8, 4) is 0 Å². The Morgan fingerprint density at radius 1 is 1.55 bits per heavy atom. The standard InChI is InChI=1S/C15H23N3O2/c1-3-6-17-15(19)14-10-20-8-7-18(14)12-5-4-11(2)13(16)9-12/h4-5,9,14H,3,6-8,10,16H2,1-2H3,(H,17,19). The van der Waals surface area contributed by atoms with Gasteiger partial charge in [0.2, 0.25) is 5.91 Å². The van der Waals surface area contributed by atoms with Gasteiger partial charge in [0, 0.05) is 24.5 Å². The van der Waals surface area contributed by atoms with E-state index in [1.165, 1.54) is 0 Å². The normalized spacial score (nSPS) is 18.9. The van der Waals surface area contributed by atoms with E-state index in [4.69, 9.17) is 10.5 Å². The largest absolute Gasteiger partial charge is 0.398 e. The lowest BCUT2D eigenvalue weighted by atomic mass is 10.1. The number of nitrogen functional groups attached to an aromatic ring is 1. The molecule has 0 bridgehead atoms. The molecule has 3 N–H and O–H groups in total. The van der Waals surface area contributed by atoms with E-state index < -0.39 is 0 Å². The number of ether oxygens (including phenoxy) is 1. The van der Waals surface area contributed by atoms with E-state index in [0.717, 1.165) is 23.4 Å². The van der Waals surface area contributed by atoms with Crippen LogP contribution in [0.15, 0.2) is 18.2 Å². The van der Waals surface area contributed by atoms with Crippen LogP contribution in [-0.4, -0.2) is 38.3 Å². The van der Waals surface area contributed by atoms with Crippen molar-refractivity contribution in [2.24, 2.45) is 0 Å². The molecule has 2 rings (SSSR count). The maximum Gasteiger partial charge on any atom is 0.245 e. The maximum absolute atomic E-state index is 12.2. The van der Waals surface area contributed by atoms with Crippen LogP contribution in [0.1, 0.15) is 18.9 Å². The van der Waals surface area contributed by atoms with Crippen molar-refractivity contribution in [2.75, 3.05) is 36.9 Å². The molecule has 1 unspecified atom stereocenters. The van der Waals surface area contributed by atoms with Crippen LogP contribution in [0.25, 0.3) is 0 Å². The number of rotatable bonds is 4. The van der Waals surface area contributed by atoms with E-state index >= 15 is 0 Å². The van der Waals surface area contributed by atoms with Crippen molar-refractivity contribution >= 4 is 17.3 Å². The van der Waals surface area contributed by atoms with Gasteiger partial charge in [0.05, 0.1) is 13.2 Å². The Kier molecular flexibility index (Phi) is 4.84. The number of nitrogens with one attached hydrogen (secondary N) is 1. The predicted octanol–water partition coefficient (Wildman–Crippen LogP) is 1.31. The third kappa shape index (κ3) is 3.22. The number of aryl methyl sites for hydroxylation is 1. The second-order valence-electron chi connectivity index (χ2n) is 5.12. The summed E-state index contributed by atoms with van der Waals surface area (Å²) < 4.78 is 5.46. The summed E-state index contributed by atoms with van der Waals surface area (Å²) >= 11 is 0. The maximum atomic E-state index is 12.2. The zero-order valence-electron chi connectivity index (χ0n) is 12.2. The third-order valence-electron chi connectivity index (χ3n) is 3.57. The van der Waals surface area contributed by atoms with Crippen LogP contribution in [0, 0.1) is 6.92 Å². The first-order valence-electron chi connectivity index (χ1n) is 7.11. The summed E-state index contributed by atoms with van der Waals surface area (Å²) in [7, 11) is 0. The summed E-state index contributed by atoms with van der Waals surface area (Å²) in [5, 5.41) is 2.94. The molecule has 1 heterocycles. The van der Waals surface area contributed by atoms with Gasteiger partial charge in [0.25, 0.3) is 0 Å². The lowest BCUT2D eigenvalue weighted by molar-refractivity contribution is -0.124. The summed E-state index contributed by atoms with van der Waals surface area (Å²) in [6.07, 6.45) is 0.927. The fourth-order valence-electron chi connectivity index (χ4n) is 2.30. The Morgan fingerprint density at radius 2 is 2.35 bits per heavy atom. The minimum atomic E-state index is -0.280. The molecule has 1 aliphatic heterocycles. The van der Waals surface area contributed by atoms with Gasteiger partial charge in [0.15, 0.2) is 0 Å². The number of nitrogens with two attached hydrogens (primary N) is 1. The second kappa shape index (κ2) is 6.61. The first-order chi connectivity index (χ1) is 9.63. The van der Waals surface area contributed by atoms with Crippen LogP contribution in [0.3, 0.4) is 0 Å². The molecule has 20 heavy (non-hydrogen) atoms. The molecule has 0 aromatic heterocycles. The van der Waals surface area contributed by atoms with Crippen molar-refractivity contribution in [3.63, 3.8) is 0 Å². The Balaban J connectivity index is 2.17. The second-order valence-corrected chi connectivity index (χ2v) is 5.12. The lowest BCUT2D eigenvalue weighted by Crippen LogP contribution is -2.54. The topological polar surface area (TPSA) is 67.6 Å². The number of carbonyl (C=O) groups is 1. The lowest BCUT2D eigenvalue weighted by Gasteiger charge is -2.36. The Hall–Kier alpha value is -1.75. The molecule has 110 valence electrons. The van der Waals surface area contributed by atoms with Crippen LogP contribution >= 0.6 is 0 Å². The van der Waals surface area contributed by atoms with Crippen LogP contribution in [0.5, 0.6) is 0 Å². The van der Waals surface area contributed by atoms with Crippen molar-refractivity contribution < 1.29 is 9.53 Å². The number of morpholine rings is 1. The molecule has 1 fully saturated rings. The average molecular weight is 277 g/mol. The average Bonchev–Trinajstić information content (AvgIpc) is 2.47. The van der Waals surface area contributed by atoms with Crippen LogP contribution < -0.4 is 16.0 Å². The molecule has 5 nitrogen and oxygen atoms in total. The molecule has 0 radical (unpaired) electrons. The van der Waals surface area contributed by atoms with E-state index in [2.05, 4.69) is 10.2 Å². The van der Waals surface area contributed by atoms with Gasteiger partial charge < -0.3 is 20.7 Å². The first-order valence-corrected chi connectivity index (χ1v) is 7.11. The zero-order valence-corrected chi connectivity index (χ0v) is 12.2. The van der Waals surface area contributed by atoms with Gasteiger partial charge in [-0.05, 0) is 31.0 Å². The zero-order chi connectivity index (χ0) is 14.5. The van der Waals surface area contributed by atoms with E-state index in [9.17, 15) is 4.79 Å². The number of anilines is 2. The first kappa shape index (κ1) is 14.7. The molecule has 1 atom stereocenters. The molecule has 1 aliphatic rings. The highest BCUT2D eigenvalue weighted by molar-refractivity contribution is 5.86. The Labute approximate surface area is 120 Å². The van der Waals surface area contributed by atoms with Crippen molar-refractivity contribution in [1.82, 2.24) is 5.32 Å². The highest BCUT2D eigenvalue weighted by atomic mass is 16.5. The van der Waals surface area contributed by atoms with E-state index in [0.29, 0.717) is 26.3 Å². The Bertz CT molecular complexity index is 476. The molecular formula is C15H23N3O2. The van der Waals surface area contributed by atoms with Gasteiger partial charge in [-0.1, -0.05) is 13.0 Å². The van der Waals surface area contributed by atoms with Crippen LogP contribution in [0.4, 0.5) is 11.4 Å². The van der Waals surface area contributed by atoms with Gasteiger partial charge in [-0.3, -0.25) is 4.79 Å². The highest BCUT2D eigenvalue weighted by Gasteiger charge is 2.29. The molecule has 1 aromatic rings. The molecule has 5 heteroatoms. The summed E-state index contributed by atoms with van der Waals surface area (Å²) in [4.78, 5) is 14.3. The predicted molar refractivity (Wildman–Crippen MR) is 80.8 cm³/mol. The molecule has 1 amide bonds. The summed E-state index contributed by atoms with van der Waals surface area (Å²) in [5.41, 5.74) is 8.75. The summed E-state index contributed by atoms with van der Waals surface area (Å²) in [6.45, 7) is 6.46. The van der Waals surface area contributed by atoms with Gasteiger partial charge in [0.1, 0.15) is 6.04 Å². The fourth-order valence-corrected chi connectivity index (χ4v) is 2.30. The smallest absolute Gasteiger partial charge is 0.245 e. The van der Waals surface area contributed by atoms with E-state index in [1.807, 2.05) is 32.0 Å². The van der Waals surface area contributed by atoms with Gasteiger partial charge in [-0.2, -0.15) is 0 Å². The molecule has 1 aromatic carbocycles. The van der Waals surface area contributed by atoms with Crippen LogP contribution in [-0.2, 0) is 9.53 Å². The van der Waals surface area contributed by atoms with Gasteiger partial charge in [-0.25, -0.2) is 0 Å². The number of nitrogens with zero attached hydrogens (tertiary/aromatic N) is 1. The molecule has 0 spiro atoms. The number of benzene rings is 1. The van der Waals surface area contributed by atoms with Crippen LogP contribution in [0.2, 0.25) is 0 Å². The van der Waals surface area contributed by atoms with Crippen molar-refractivity contribution in [2.45, 2.75) is 26.3 Å². The van der Waals surface area contributed by atoms with Gasteiger partial charge >= 0.3 is 0 Å². The third-order valence-corrected chi connectivity index (χ3v) is 3.57. The number of hydrogen-bond donors (Lipinski definition) is 2. The monoisotopic (exact) mass is 277 g/mol. The van der Waals surface area contributed by atoms with Gasteiger partial charge in [-0.15, -0.1) is 0 Å². The molecule has 1 saturated heterocycles. The molecular weight excluding hydrogens is 254 g/mol. The minimum absolute atomic E-state index is 0.0192. The number of carbonyl (C=O) groups excluding carboxylic acids is 1. The van der Waals surface area contributed by atoms with Crippen molar-refractivity contribution in [3.05, 3.63) is 23.8 Å². The number of amides is 1. The highest BCUT2D eigenvalue weighted by Crippen LogP contribution is 2.24. The quantitative estimate of drug-likeness (QED) is 0.814. The summed E-state index contributed by atoms with van der Waals surface area (Å²) in [5.74, 6) is 0.0192. The van der Waals surface area contributed by atoms with E-state index in [1.54, 1.807) is 0 Å². The fraction of sp³-hybridized carbons (Fsp3) is 0.533. The van der Waals surface area contributed by atoms with Crippen molar-refractivity contribution in [1.29, 1.82) is 0 Å². The molecule has 0 aliphatic carbocycles. The SMILES string of the molecule is CCCNC(=O)C1COCCN1c1ccc(C)c(N)c1. The van der Waals surface area contributed by atoms with E-state index in [-0.39, 0.29) is 11.9 Å². The number of hydrogen-bond acceptors (Lipinski definition) is 4. The molecule has 0 saturated carbocycles. The summed E-state index contributed by atoms with van der Waals surface area (Å²) in [6, 6.07) is 5.65. The minimum Gasteiger partial charge on any atom is -0.398 e.